The van der Waals surface area contributed by atoms with E-state index in [1.54, 1.807) is 6.92 Å². The van der Waals surface area contributed by atoms with Crippen molar-refractivity contribution in [1.29, 1.82) is 0 Å². The van der Waals surface area contributed by atoms with Gasteiger partial charge < -0.3 is 16.2 Å². The average Bonchev–Trinajstić information content (AvgIpc) is 2.22. The molecule has 0 aliphatic carbocycles. The molecule has 1 heterocycles. The van der Waals surface area contributed by atoms with Gasteiger partial charge in [-0.3, -0.25) is 4.79 Å². The Morgan fingerprint density at radius 1 is 1.57 bits per heavy atom. The van der Waals surface area contributed by atoms with Crippen LogP contribution < -0.4 is 11.5 Å². The summed E-state index contributed by atoms with van der Waals surface area (Å²) >= 11 is 0. The highest BCUT2D eigenvalue weighted by Gasteiger charge is 2.35. The molecule has 0 aromatic heterocycles. The van der Waals surface area contributed by atoms with Crippen LogP contribution >= 0.6 is 0 Å². The van der Waals surface area contributed by atoms with E-state index in [4.69, 9.17) is 16.2 Å². The highest BCUT2D eigenvalue weighted by atomic mass is 32.2. The van der Waals surface area contributed by atoms with Crippen LogP contribution in [0.25, 0.3) is 0 Å². The van der Waals surface area contributed by atoms with E-state index in [1.165, 1.54) is 0 Å². The minimum absolute atomic E-state index is 0.196. The number of hydrogen-bond donors (Lipinski definition) is 2. The maximum Gasteiger partial charge on any atom is 0.293 e. The Morgan fingerprint density at radius 2 is 2.14 bits per heavy atom. The van der Waals surface area contributed by atoms with Gasteiger partial charge >= 0.3 is 0 Å². The first-order valence-corrected chi connectivity index (χ1v) is 5.12. The molecule has 0 aromatic carbocycles. The molecule has 8 heteroatoms. The van der Waals surface area contributed by atoms with Gasteiger partial charge in [-0.25, -0.2) is 0 Å². The predicted molar refractivity (Wildman–Crippen MR) is 48.4 cm³/mol. The fourth-order valence-corrected chi connectivity index (χ4v) is 2.02. The number of primary amides is 1. The number of hydrogen-bond acceptors (Lipinski definition) is 5. The number of sulfonamides is 1. The van der Waals surface area contributed by atoms with Gasteiger partial charge in [0, 0.05) is 0 Å². The van der Waals surface area contributed by atoms with Crippen LogP contribution in [0.5, 0.6) is 0 Å². The highest BCUT2D eigenvalue weighted by molar-refractivity contribution is 7.95. The van der Waals surface area contributed by atoms with E-state index in [1.807, 2.05) is 0 Å². The second-order valence-electron chi connectivity index (χ2n) is 2.41. The van der Waals surface area contributed by atoms with Crippen LogP contribution in [0.2, 0.25) is 0 Å². The second-order valence-corrected chi connectivity index (χ2v) is 3.95. The quantitative estimate of drug-likeness (QED) is 0.579. The normalized spacial score (nSPS) is 19.4. The van der Waals surface area contributed by atoms with Gasteiger partial charge in [0.2, 0.25) is 5.90 Å². The SMILES string of the molecule is CCOC1=NS(=O)(=O)C(C(N)=O)=C1N. The number of carbonyl (C=O) groups excluding carboxylic acids is 1. The van der Waals surface area contributed by atoms with Gasteiger partial charge in [0.1, 0.15) is 5.70 Å². The summed E-state index contributed by atoms with van der Waals surface area (Å²) in [4.78, 5) is 10.0. The molecule has 1 rings (SSSR count). The van der Waals surface area contributed by atoms with Crippen LogP contribution in [0, 0.1) is 0 Å². The van der Waals surface area contributed by atoms with Gasteiger partial charge in [0.25, 0.3) is 15.9 Å². The third-order valence-corrected chi connectivity index (χ3v) is 2.78. The molecule has 1 amide bonds. The molecule has 1 aliphatic rings. The zero-order valence-corrected chi connectivity index (χ0v) is 8.17. The Bertz CT molecular complexity index is 434. The summed E-state index contributed by atoms with van der Waals surface area (Å²) in [7, 11) is -4.06. The Kier molecular flexibility index (Phi) is 2.47. The topological polar surface area (TPSA) is 125 Å². The lowest BCUT2D eigenvalue weighted by Crippen LogP contribution is -2.22. The standard InChI is InChI=1S/C6H9N3O4S/c1-2-13-6-3(7)4(5(8)10)14(11,12)9-6/h2,7H2,1H3,(H2,8,10). The van der Waals surface area contributed by atoms with Gasteiger partial charge in [-0.15, -0.1) is 4.40 Å². The van der Waals surface area contributed by atoms with E-state index >= 15 is 0 Å². The van der Waals surface area contributed by atoms with Crippen LogP contribution in [-0.2, 0) is 19.6 Å². The minimum Gasteiger partial charge on any atom is -0.476 e. The first kappa shape index (κ1) is 10.5. The van der Waals surface area contributed by atoms with E-state index in [2.05, 4.69) is 4.40 Å². The Morgan fingerprint density at radius 3 is 2.50 bits per heavy atom. The van der Waals surface area contributed by atoms with Crippen molar-refractivity contribution in [1.82, 2.24) is 0 Å². The maximum absolute atomic E-state index is 11.2. The van der Waals surface area contributed by atoms with Crippen molar-refractivity contribution >= 4 is 21.8 Å². The smallest absolute Gasteiger partial charge is 0.293 e. The van der Waals surface area contributed by atoms with E-state index in [-0.39, 0.29) is 18.2 Å². The number of rotatable bonds is 2. The Balaban J connectivity index is 3.26. The van der Waals surface area contributed by atoms with Crippen LogP contribution in [-0.4, -0.2) is 26.8 Å². The molecule has 0 atom stereocenters. The number of amides is 1. The highest BCUT2D eigenvalue weighted by Crippen LogP contribution is 2.20. The zero-order chi connectivity index (χ0) is 10.9. The first-order valence-electron chi connectivity index (χ1n) is 3.68. The van der Waals surface area contributed by atoms with Crippen molar-refractivity contribution in [2.45, 2.75) is 6.92 Å². The van der Waals surface area contributed by atoms with Gasteiger partial charge in [-0.1, -0.05) is 0 Å². The van der Waals surface area contributed by atoms with Gasteiger partial charge in [-0.05, 0) is 6.92 Å². The molecular weight excluding hydrogens is 210 g/mol. The summed E-state index contributed by atoms with van der Waals surface area (Å²) in [6.07, 6.45) is 0. The maximum atomic E-state index is 11.2. The van der Waals surface area contributed by atoms with Gasteiger partial charge in [-0.2, -0.15) is 8.42 Å². The summed E-state index contributed by atoms with van der Waals surface area (Å²) in [6, 6.07) is 0. The van der Waals surface area contributed by atoms with Gasteiger partial charge in [0.05, 0.1) is 6.61 Å². The summed E-state index contributed by atoms with van der Waals surface area (Å²) in [5.41, 5.74) is 9.83. The van der Waals surface area contributed by atoms with Crippen molar-refractivity contribution in [2.75, 3.05) is 6.61 Å². The first-order chi connectivity index (χ1) is 6.40. The van der Waals surface area contributed by atoms with Crippen molar-refractivity contribution in [3.8, 4) is 0 Å². The summed E-state index contributed by atoms with van der Waals surface area (Å²) in [6.45, 7) is 1.83. The zero-order valence-electron chi connectivity index (χ0n) is 7.35. The molecule has 14 heavy (non-hydrogen) atoms. The van der Waals surface area contributed by atoms with Crippen LogP contribution in [0.4, 0.5) is 0 Å². The van der Waals surface area contributed by atoms with Crippen LogP contribution in [0.1, 0.15) is 6.92 Å². The third kappa shape index (κ3) is 1.55. The summed E-state index contributed by atoms with van der Waals surface area (Å²) < 4.78 is 30.4. The second kappa shape index (κ2) is 3.29. The lowest BCUT2D eigenvalue weighted by Gasteiger charge is -2.00. The predicted octanol–water partition coefficient (Wildman–Crippen LogP) is -1.58. The summed E-state index contributed by atoms with van der Waals surface area (Å²) in [5.74, 6) is -1.41. The minimum atomic E-state index is -4.06. The molecule has 1 aliphatic heterocycles. The third-order valence-electron chi connectivity index (χ3n) is 1.44. The fourth-order valence-electron chi connectivity index (χ4n) is 0.941. The molecule has 7 nitrogen and oxygen atoms in total. The molecule has 0 fully saturated rings. The molecule has 0 radical (unpaired) electrons. The Hall–Kier alpha value is -1.57. The fraction of sp³-hybridized carbons (Fsp3) is 0.333. The van der Waals surface area contributed by atoms with Crippen molar-refractivity contribution in [3.63, 3.8) is 0 Å². The van der Waals surface area contributed by atoms with Crippen LogP contribution in [0.15, 0.2) is 15.0 Å². The van der Waals surface area contributed by atoms with E-state index in [9.17, 15) is 13.2 Å². The monoisotopic (exact) mass is 219 g/mol. The van der Waals surface area contributed by atoms with E-state index < -0.39 is 20.8 Å². The molecule has 0 unspecified atom stereocenters. The molecule has 0 spiro atoms. The van der Waals surface area contributed by atoms with Gasteiger partial charge in [0.15, 0.2) is 4.91 Å². The summed E-state index contributed by atoms with van der Waals surface area (Å²) in [5, 5.41) is 0. The van der Waals surface area contributed by atoms with Crippen LogP contribution in [0.3, 0.4) is 0 Å². The lowest BCUT2D eigenvalue weighted by molar-refractivity contribution is -0.114. The number of nitrogens with zero attached hydrogens (tertiary/aromatic N) is 1. The van der Waals surface area contributed by atoms with Crippen molar-refractivity contribution < 1.29 is 17.9 Å². The van der Waals surface area contributed by atoms with Crippen molar-refractivity contribution in [2.24, 2.45) is 15.9 Å². The lowest BCUT2D eigenvalue weighted by atomic mass is 10.4. The number of nitrogens with two attached hydrogens (primary N) is 2. The molecule has 78 valence electrons. The Labute approximate surface area is 80.5 Å². The average molecular weight is 219 g/mol. The molecule has 0 saturated carbocycles. The van der Waals surface area contributed by atoms with E-state index in [0.29, 0.717) is 0 Å². The van der Waals surface area contributed by atoms with Crippen molar-refractivity contribution in [3.05, 3.63) is 10.6 Å². The number of ether oxygens (including phenoxy) is 1. The molecule has 4 N–H and O–H groups in total. The number of carbonyl (C=O) groups is 1. The largest absolute Gasteiger partial charge is 0.476 e. The molecule has 0 saturated heterocycles. The molecule has 0 bridgehead atoms. The molecule has 0 aromatic rings. The molecular formula is C6H9N3O4S. The van der Waals surface area contributed by atoms with E-state index in [0.717, 1.165) is 0 Å².